The molecule has 0 fully saturated rings. The Morgan fingerprint density at radius 2 is 1.70 bits per heavy atom. The van der Waals surface area contributed by atoms with E-state index in [-0.39, 0.29) is 5.92 Å². The van der Waals surface area contributed by atoms with Gasteiger partial charge in [0.1, 0.15) is 0 Å². The second-order valence-electron chi connectivity index (χ2n) is 5.19. The molecule has 0 aliphatic rings. The first-order chi connectivity index (χ1) is 9.66. The molecule has 0 aliphatic heterocycles. The van der Waals surface area contributed by atoms with Gasteiger partial charge in [-0.1, -0.05) is 54.6 Å². The van der Waals surface area contributed by atoms with Crippen LogP contribution in [0.25, 0.3) is 0 Å². The van der Waals surface area contributed by atoms with Crippen molar-refractivity contribution in [2.75, 3.05) is 0 Å². The van der Waals surface area contributed by atoms with Crippen molar-refractivity contribution in [1.82, 2.24) is 0 Å². The van der Waals surface area contributed by atoms with Crippen LogP contribution in [0.5, 0.6) is 0 Å². The van der Waals surface area contributed by atoms with Crippen molar-refractivity contribution in [2.45, 2.75) is 26.2 Å². The Hall–Kier alpha value is -2.09. The lowest BCUT2D eigenvalue weighted by Gasteiger charge is -2.14. The molecule has 2 aromatic carbocycles. The number of carboxylic acid groups (broad SMARTS) is 1. The van der Waals surface area contributed by atoms with Crippen LogP contribution in [0, 0.1) is 12.8 Å². The van der Waals surface area contributed by atoms with Crippen molar-refractivity contribution >= 4 is 5.97 Å². The second kappa shape index (κ2) is 6.90. The minimum absolute atomic E-state index is 0.323. The molecule has 0 saturated heterocycles. The number of hydrogen-bond donors (Lipinski definition) is 1. The second-order valence-corrected chi connectivity index (χ2v) is 5.19. The van der Waals surface area contributed by atoms with E-state index in [4.69, 9.17) is 0 Å². The molecule has 1 N–H and O–H groups in total. The van der Waals surface area contributed by atoms with Crippen LogP contribution in [0.2, 0.25) is 0 Å². The summed E-state index contributed by atoms with van der Waals surface area (Å²) in [5.41, 5.74) is 3.50. The Balaban J connectivity index is 2.01. The minimum Gasteiger partial charge on any atom is -0.481 e. The predicted molar refractivity (Wildman–Crippen MR) is 80.8 cm³/mol. The summed E-state index contributed by atoms with van der Waals surface area (Å²) >= 11 is 0. The number of carboxylic acids is 1. The van der Waals surface area contributed by atoms with Crippen molar-refractivity contribution in [3.05, 3.63) is 71.3 Å². The molecule has 0 spiro atoms. The van der Waals surface area contributed by atoms with Gasteiger partial charge in [-0.15, -0.1) is 0 Å². The molecule has 0 aliphatic carbocycles. The molecule has 0 bridgehead atoms. The van der Waals surface area contributed by atoms with Gasteiger partial charge in [-0.2, -0.15) is 0 Å². The maximum absolute atomic E-state index is 11.4. The molecule has 0 heterocycles. The van der Waals surface area contributed by atoms with E-state index in [0.29, 0.717) is 12.8 Å². The number of carbonyl (C=O) groups is 1. The SMILES string of the molecule is Cc1ccccc1CC(CCc1ccccc1)C(=O)O. The Kier molecular flexibility index (Phi) is 4.94. The summed E-state index contributed by atoms with van der Waals surface area (Å²) in [7, 11) is 0. The smallest absolute Gasteiger partial charge is 0.306 e. The summed E-state index contributed by atoms with van der Waals surface area (Å²) in [6.45, 7) is 2.03. The van der Waals surface area contributed by atoms with Crippen LogP contribution in [0.1, 0.15) is 23.1 Å². The molecule has 20 heavy (non-hydrogen) atoms. The van der Waals surface area contributed by atoms with E-state index in [1.165, 1.54) is 11.1 Å². The quantitative estimate of drug-likeness (QED) is 0.863. The van der Waals surface area contributed by atoms with Crippen LogP contribution in [0.15, 0.2) is 54.6 Å². The van der Waals surface area contributed by atoms with Crippen molar-refractivity contribution in [3.63, 3.8) is 0 Å². The van der Waals surface area contributed by atoms with Crippen molar-refractivity contribution in [3.8, 4) is 0 Å². The molecule has 0 radical (unpaired) electrons. The molecule has 2 nitrogen and oxygen atoms in total. The third kappa shape index (κ3) is 3.95. The first-order valence-electron chi connectivity index (χ1n) is 6.98. The van der Waals surface area contributed by atoms with Gasteiger partial charge in [0.2, 0.25) is 0 Å². The monoisotopic (exact) mass is 268 g/mol. The number of rotatable bonds is 6. The van der Waals surface area contributed by atoms with Crippen molar-refractivity contribution < 1.29 is 9.90 Å². The Bertz CT molecular complexity index is 561. The fraction of sp³-hybridized carbons (Fsp3) is 0.278. The van der Waals surface area contributed by atoms with Gasteiger partial charge in [0.25, 0.3) is 0 Å². The van der Waals surface area contributed by atoms with Crippen molar-refractivity contribution in [2.24, 2.45) is 5.92 Å². The number of aryl methyl sites for hydroxylation is 2. The van der Waals surface area contributed by atoms with Crippen LogP contribution in [-0.2, 0) is 17.6 Å². The molecule has 1 unspecified atom stereocenters. The number of hydrogen-bond acceptors (Lipinski definition) is 1. The fourth-order valence-electron chi connectivity index (χ4n) is 2.40. The molecule has 2 heteroatoms. The van der Waals surface area contributed by atoms with Gasteiger partial charge in [-0.3, -0.25) is 4.79 Å². The minimum atomic E-state index is -0.704. The van der Waals surface area contributed by atoms with Gasteiger partial charge in [0.05, 0.1) is 5.92 Å². The van der Waals surface area contributed by atoms with Crippen LogP contribution < -0.4 is 0 Å². The summed E-state index contributed by atoms with van der Waals surface area (Å²) in [6.07, 6.45) is 2.09. The van der Waals surface area contributed by atoms with Gasteiger partial charge in [0.15, 0.2) is 0 Å². The Labute approximate surface area is 120 Å². The lowest BCUT2D eigenvalue weighted by Crippen LogP contribution is -2.17. The lowest BCUT2D eigenvalue weighted by atomic mass is 9.91. The lowest BCUT2D eigenvalue weighted by molar-refractivity contribution is -0.141. The van der Waals surface area contributed by atoms with E-state index < -0.39 is 5.97 Å². The van der Waals surface area contributed by atoms with Crippen LogP contribution in [0.3, 0.4) is 0 Å². The maximum Gasteiger partial charge on any atom is 0.306 e. The molecule has 1 atom stereocenters. The highest BCUT2D eigenvalue weighted by Crippen LogP contribution is 2.18. The maximum atomic E-state index is 11.4. The van der Waals surface area contributed by atoms with E-state index in [2.05, 4.69) is 0 Å². The standard InChI is InChI=1S/C18H20O2/c1-14-7-5-6-10-16(14)13-17(18(19)20)12-11-15-8-3-2-4-9-15/h2-10,17H,11-13H2,1H3,(H,19,20). The van der Waals surface area contributed by atoms with E-state index in [1.54, 1.807) is 0 Å². The molecular formula is C18H20O2. The van der Waals surface area contributed by atoms with Gasteiger partial charge in [-0.05, 0) is 42.9 Å². The summed E-state index contributed by atoms with van der Waals surface area (Å²) in [5, 5.41) is 9.40. The zero-order valence-corrected chi connectivity index (χ0v) is 11.8. The molecule has 2 aromatic rings. The zero-order valence-electron chi connectivity index (χ0n) is 11.8. The van der Waals surface area contributed by atoms with E-state index in [1.807, 2.05) is 61.5 Å². The van der Waals surface area contributed by atoms with Crippen molar-refractivity contribution in [1.29, 1.82) is 0 Å². The normalized spacial score (nSPS) is 12.1. The van der Waals surface area contributed by atoms with Crippen LogP contribution in [-0.4, -0.2) is 11.1 Å². The van der Waals surface area contributed by atoms with Gasteiger partial charge in [-0.25, -0.2) is 0 Å². The van der Waals surface area contributed by atoms with Gasteiger partial charge < -0.3 is 5.11 Å². The zero-order chi connectivity index (χ0) is 14.4. The number of aliphatic carboxylic acids is 1. The average Bonchev–Trinajstić information content (AvgIpc) is 2.46. The van der Waals surface area contributed by atoms with Gasteiger partial charge in [0, 0.05) is 0 Å². The first-order valence-corrected chi connectivity index (χ1v) is 6.98. The van der Waals surface area contributed by atoms with Crippen LogP contribution in [0.4, 0.5) is 0 Å². The largest absolute Gasteiger partial charge is 0.481 e. The Morgan fingerprint density at radius 1 is 1.05 bits per heavy atom. The van der Waals surface area contributed by atoms with E-state index in [0.717, 1.165) is 12.0 Å². The third-order valence-corrected chi connectivity index (χ3v) is 3.70. The van der Waals surface area contributed by atoms with E-state index in [9.17, 15) is 9.90 Å². The molecule has 2 rings (SSSR count). The highest BCUT2D eigenvalue weighted by molar-refractivity contribution is 5.70. The highest BCUT2D eigenvalue weighted by atomic mass is 16.4. The third-order valence-electron chi connectivity index (χ3n) is 3.70. The summed E-state index contributed by atoms with van der Waals surface area (Å²) < 4.78 is 0. The first kappa shape index (κ1) is 14.3. The van der Waals surface area contributed by atoms with Crippen LogP contribution >= 0.6 is 0 Å². The molecule has 104 valence electrons. The fourth-order valence-corrected chi connectivity index (χ4v) is 2.40. The molecule has 0 saturated carbocycles. The number of benzene rings is 2. The topological polar surface area (TPSA) is 37.3 Å². The predicted octanol–water partition coefficient (Wildman–Crippen LogP) is 3.87. The van der Waals surface area contributed by atoms with Gasteiger partial charge >= 0.3 is 5.97 Å². The summed E-state index contributed by atoms with van der Waals surface area (Å²) in [5.74, 6) is -1.03. The molecular weight excluding hydrogens is 248 g/mol. The Morgan fingerprint density at radius 3 is 2.35 bits per heavy atom. The molecule has 0 amide bonds. The van der Waals surface area contributed by atoms with E-state index >= 15 is 0 Å². The summed E-state index contributed by atoms with van der Waals surface area (Å²) in [4.78, 5) is 11.4. The highest BCUT2D eigenvalue weighted by Gasteiger charge is 2.18. The molecule has 0 aromatic heterocycles. The average molecular weight is 268 g/mol. The summed E-state index contributed by atoms with van der Waals surface area (Å²) in [6, 6.07) is 18.1.